The van der Waals surface area contributed by atoms with Crippen molar-refractivity contribution in [1.29, 1.82) is 0 Å². The third kappa shape index (κ3) is 11.0. The monoisotopic (exact) mass is 108 g/mol. The number of carbonyl (C=O) groups excluding carboxylic acids is 1. The molecule has 0 aromatic heterocycles. The highest BCUT2D eigenvalue weighted by atomic mass is 16.6. The lowest BCUT2D eigenvalue weighted by Crippen LogP contribution is -2.12. The van der Waals surface area contributed by atoms with Gasteiger partial charge in [0.05, 0.1) is 0 Å². The summed E-state index contributed by atoms with van der Waals surface area (Å²) in [6.07, 6.45) is -0.961. The van der Waals surface area contributed by atoms with Crippen molar-refractivity contribution in [3.8, 4) is 0 Å². The number of primary amides is 1. The third-order valence-electron chi connectivity index (χ3n) is 0.207. The number of hydrogen-bond donors (Lipinski definition) is 3. The average molecular weight is 108 g/mol. The molecule has 0 aromatic carbocycles. The van der Waals surface area contributed by atoms with Crippen LogP contribution in [0.2, 0.25) is 0 Å². The van der Waals surface area contributed by atoms with E-state index in [4.69, 9.17) is 5.11 Å². The van der Waals surface area contributed by atoms with Crippen molar-refractivity contribution >= 4 is 6.09 Å². The van der Waals surface area contributed by atoms with Gasteiger partial charge < -0.3 is 21.7 Å². The Balaban J connectivity index is 0. The molecule has 0 spiro atoms. The molecular weight excluding hydrogens is 100 g/mol. The standard InChI is InChI=1S/C2H5NO3.H3N/c3-2(5)6-1-4;/h4H,1H2,(H2,3,5);1H3. The highest BCUT2D eigenvalue weighted by molar-refractivity contribution is 5.64. The molecule has 0 saturated heterocycles. The Labute approximate surface area is 40.6 Å². The first-order chi connectivity index (χ1) is 2.77. The van der Waals surface area contributed by atoms with E-state index in [0.717, 1.165) is 0 Å². The summed E-state index contributed by atoms with van der Waals surface area (Å²) < 4.78 is 3.74. The number of nitrogens with two attached hydrogens (primary N) is 1. The van der Waals surface area contributed by atoms with Crippen molar-refractivity contribution in [2.45, 2.75) is 0 Å². The number of amides is 1. The first-order valence-corrected chi connectivity index (χ1v) is 1.30. The van der Waals surface area contributed by atoms with Crippen LogP contribution >= 0.6 is 0 Å². The maximum atomic E-state index is 9.44. The zero-order valence-corrected chi connectivity index (χ0v) is 3.76. The quantitative estimate of drug-likeness (QED) is 0.382. The molecule has 5 nitrogen and oxygen atoms in total. The lowest BCUT2D eigenvalue weighted by molar-refractivity contribution is 0.0500. The van der Waals surface area contributed by atoms with Crippen molar-refractivity contribution in [2.24, 2.45) is 5.73 Å². The number of carbonyl (C=O) groups is 1. The van der Waals surface area contributed by atoms with Crippen LogP contribution in [0.5, 0.6) is 0 Å². The molecule has 0 heterocycles. The van der Waals surface area contributed by atoms with Gasteiger partial charge in [-0.15, -0.1) is 0 Å². The van der Waals surface area contributed by atoms with E-state index in [9.17, 15) is 4.79 Å². The van der Waals surface area contributed by atoms with E-state index in [1.807, 2.05) is 0 Å². The van der Waals surface area contributed by atoms with E-state index in [1.165, 1.54) is 0 Å². The van der Waals surface area contributed by atoms with Crippen molar-refractivity contribution in [2.75, 3.05) is 6.79 Å². The molecule has 7 heavy (non-hydrogen) atoms. The van der Waals surface area contributed by atoms with Gasteiger partial charge in [-0.1, -0.05) is 0 Å². The van der Waals surface area contributed by atoms with Crippen molar-refractivity contribution < 1.29 is 14.6 Å². The lowest BCUT2D eigenvalue weighted by Gasteiger charge is -1.88. The summed E-state index contributed by atoms with van der Waals surface area (Å²) in [7, 11) is 0. The van der Waals surface area contributed by atoms with Gasteiger partial charge in [-0.2, -0.15) is 0 Å². The van der Waals surface area contributed by atoms with Crippen LogP contribution in [0.4, 0.5) is 4.79 Å². The molecule has 0 aliphatic carbocycles. The van der Waals surface area contributed by atoms with Crippen molar-refractivity contribution in [3.05, 3.63) is 0 Å². The Bertz CT molecular complexity index is 54.9. The molecule has 44 valence electrons. The summed E-state index contributed by atoms with van der Waals surface area (Å²) in [5.41, 5.74) is 4.38. The van der Waals surface area contributed by atoms with E-state index in [2.05, 4.69) is 10.5 Å². The molecular formula is C2H8N2O3. The van der Waals surface area contributed by atoms with Gasteiger partial charge in [0.15, 0.2) is 6.79 Å². The molecule has 0 aliphatic heterocycles. The molecule has 0 aliphatic rings. The highest BCUT2D eigenvalue weighted by Gasteiger charge is 1.83. The van der Waals surface area contributed by atoms with Crippen LogP contribution in [0.1, 0.15) is 0 Å². The molecule has 0 bridgehead atoms. The second-order valence-electron chi connectivity index (χ2n) is 0.592. The Morgan fingerprint density at radius 2 is 2.29 bits per heavy atom. The van der Waals surface area contributed by atoms with E-state index in [-0.39, 0.29) is 6.15 Å². The molecule has 0 radical (unpaired) electrons. The molecule has 0 atom stereocenters. The Hall–Kier alpha value is -0.810. The molecule has 0 aromatic rings. The molecule has 6 N–H and O–H groups in total. The second-order valence-corrected chi connectivity index (χ2v) is 0.592. The fourth-order valence-corrected chi connectivity index (χ4v) is 0.0636. The van der Waals surface area contributed by atoms with Gasteiger partial charge in [-0.05, 0) is 0 Å². The fraction of sp³-hybridized carbons (Fsp3) is 0.500. The zero-order chi connectivity index (χ0) is 4.99. The van der Waals surface area contributed by atoms with Crippen LogP contribution < -0.4 is 11.9 Å². The predicted molar refractivity (Wildman–Crippen MR) is 22.8 cm³/mol. The van der Waals surface area contributed by atoms with Crippen LogP contribution in [0.15, 0.2) is 0 Å². The molecule has 1 amide bonds. The first-order valence-electron chi connectivity index (χ1n) is 1.30. The first kappa shape index (κ1) is 9.50. The molecule has 5 heteroatoms. The predicted octanol–water partition coefficient (Wildman–Crippen LogP) is -0.807. The summed E-state index contributed by atoms with van der Waals surface area (Å²) in [4.78, 5) is 9.44. The fourth-order valence-electron chi connectivity index (χ4n) is 0.0636. The van der Waals surface area contributed by atoms with Gasteiger partial charge in [-0.25, -0.2) is 4.79 Å². The molecule has 0 fully saturated rings. The van der Waals surface area contributed by atoms with Gasteiger partial charge in [0.25, 0.3) is 0 Å². The maximum Gasteiger partial charge on any atom is 0.406 e. The van der Waals surface area contributed by atoms with E-state index in [0.29, 0.717) is 0 Å². The number of ether oxygens (including phenoxy) is 1. The summed E-state index contributed by atoms with van der Waals surface area (Å²) in [6, 6.07) is 0. The summed E-state index contributed by atoms with van der Waals surface area (Å²) >= 11 is 0. The van der Waals surface area contributed by atoms with Crippen LogP contribution in [0.3, 0.4) is 0 Å². The number of rotatable bonds is 1. The lowest BCUT2D eigenvalue weighted by atomic mass is 11.2. The number of aliphatic hydroxyl groups excluding tert-OH is 1. The average Bonchev–Trinajstić information content (AvgIpc) is 1.35. The largest absolute Gasteiger partial charge is 0.423 e. The highest BCUT2D eigenvalue weighted by Crippen LogP contribution is 1.62. The summed E-state index contributed by atoms with van der Waals surface area (Å²) in [6.45, 7) is -0.644. The summed E-state index contributed by atoms with van der Waals surface area (Å²) in [5.74, 6) is 0. The molecule has 0 saturated carbocycles. The smallest absolute Gasteiger partial charge is 0.406 e. The van der Waals surface area contributed by atoms with Crippen LogP contribution in [-0.2, 0) is 4.74 Å². The van der Waals surface area contributed by atoms with Gasteiger partial charge in [0, 0.05) is 0 Å². The molecule has 0 unspecified atom stereocenters. The third-order valence-corrected chi connectivity index (χ3v) is 0.207. The Kier molecular flexibility index (Phi) is 7.04. The van der Waals surface area contributed by atoms with E-state index >= 15 is 0 Å². The number of aliphatic hydroxyl groups is 1. The summed E-state index contributed by atoms with van der Waals surface area (Å²) in [5, 5.41) is 7.71. The van der Waals surface area contributed by atoms with E-state index < -0.39 is 12.9 Å². The normalized spacial score (nSPS) is 6.43. The van der Waals surface area contributed by atoms with Gasteiger partial charge >= 0.3 is 6.09 Å². The van der Waals surface area contributed by atoms with Gasteiger partial charge in [0.1, 0.15) is 0 Å². The van der Waals surface area contributed by atoms with Gasteiger partial charge in [0.2, 0.25) is 0 Å². The Morgan fingerprint density at radius 1 is 1.86 bits per heavy atom. The van der Waals surface area contributed by atoms with Crippen LogP contribution in [0.25, 0.3) is 0 Å². The van der Waals surface area contributed by atoms with Crippen LogP contribution in [-0.4, -0.2) is 18.0 Å². The minimum absolute atomic E-state index is 0. The Morgan fingerprint density at radius 3 is 2.29 bits per heavy atom. The zero-order valence-electron chi connectivity index (χ0n) is 3.76. The minimum atomic E-state index is -0.961. The number of hydrogen-bond acceptors (Lipinski definition) is 4. The van der Waals surface area contributed by atoms with Gasteiger partial charge in [-0.3, -0.25) is 0 Å². The van der Waals surface area contributed by atoms with Crippen molar-refractivity contribution in [1.82, 2.24) is 6.15 Å². The minimum Gasteiger partial charge on any atom is -0.423 e. The van der Waals surface area contributed by atoms with Crippen molar-refractivity contribution in [3.63, 3.8) is 0 Å². The van der Waals surface area contributed by atoms with E-state index in [1.54, 1.807) is 0 Å². The second kappa shape index (κ2) is 5.19. The van der Waals surface area contributed by atoms with Crippen LogP contribution in [0, 0.1) is 0 Å². The molecule has 0 rings (SSSR count). The topological polar surface area (TPSA) is 108 Å². The maximum absolute atomic E-state index is 9.44. The SMILES string of the molecule is N.NC(=O)OCO.